The molecule has 0 saturated heterocycles. The van der Waals surface area contributed by atoms with Crippen LogP contribution in [0.2, 0.25) is 0 Å². The summed E-state index contributed by atoms with van der Waals surface area (Å²) in [5, 5.41) is 0. The van der Waals surface area contributed by atoms with Crippen molar-refractivity contribution in [2.24, 2.45) is 0 Å². The Kier molecular flexibility index (Phi) is 8.21. The Balaban J connectivity index is 2.72. The van der Waals surface area contributed by atoms with Crippen LogP contribution in [0.1, 0.15) is 101 Å². The van der Waals surface area contributed by atoms with Crippen molar-refractivity contribution >= 4 is 19.7 Å². The lowest BCUT2D eigenvalue weighted by molar-refractivity contribution is 0.577. The van der Waals surface area contributed by atoms with Crippen LogP contribution in [-0.2, 0) is 19.7 Å². The van der Waals surface area contributed by atoms with E-state index in [1.807, 2.05) is 55.4 Å². The van der Waals surface area contributed by atoms with Crippen molar-refractivity contribution in [2.75, 3.05) is 0 Å². The molecule has 0 radical (unpaired) electrons. The number of rotatable bonds is 8. The Labute approximate surface area is 217 Å². The van der Waals surface area contributed by atoms with Crippen molar-refractivity contribution in [2.45, 2.75) is 98.6 Å². The van der Waals surface area contributed by atoms with Gasteiger partial charge in [-0.05, 0) is 70.2 Å². The lowest BCUT2D eigenvalue weighted by Gasteiger charge is -2.32. The Bertz CT molecular complexity index is 1280. The van der Waals surface area contributed by atoms with Gasteiger partial charge in [-0.1, -0.05) is 91.8 Å². The fraction of sp³-hybridized carbons (Fsp3) is 0.400. The van der Waals surface area contributed by atoms with Gasteiger partial charge in [-0.15, -0.1) is 0 Å². The van der Waals surface area contributed by atoms with Gasteiger partial charge in [0.25, 0.3) is 0 Å². The van der Waals surface area contributed by atoms with E-state index in [1.54, 1.807) is 60.7 Å². The molecule has 3 rings (SSSR count). The van der Waals surface area contributed by atoms with Gasteiger partial charge < -0.3 is 0 Å². The highest BCUT2D eigenvalue weighted by atomic mass is 32.2. The Morgan fingerprint density at radius 1 is 0.417 bits per heavy atom. The van der Waals surface area contributed by atoms with Gasteiger partial charge in [-0.3, -0.25) is 0 Å². The molecule has 0 aliphatic rings. The average molecular weight is 527 g/mol. The maximum atomic E-state index is 14.3. The first-order valence-corrected chi connectivity index (χ1v) is 15.5. The summed E-state index contributed by atoms with van der Waals surface area (Å²) in [7, 11) is -7.85. The Morgan fingerprint density at radius 3 is 0.833 bits per heavy atom. The summed E-state index contributed by atoms with van der Waals surface area (Å²) in [6.07, 6.45) is 0. The van der Waals surface area contributed by atoms with E-state index < -0.39 is 19.7 Å². The van der Waals surface area contributed by atoms with Crippen LogP contribution >= 0.6 is 0 Å². The molecule has 3 aromatic carbocycles. The van der Waals surface area contributed by atoms with Crippen LogP contribution in [0.4, 0.5) is 0 Å². The predicted molar refractivity (Wildman–Crippen MR) is 147 cm³/mol. The molecule has 0 unspecified atom stereocenters. The summed E-state index contributed by atoms with van der Waals surface area (Å²) >= 11 is 0. The normalized spacial score (nSPS) is 12.8. The molecule has 0 fully saturated rings. The molecule has 3 aromatic rings. The minimum atomic E-state index is -3.92. The predicted octanol–water partition coefficient (Wildman–Crippen LogP) is 7.85. The van der Waals surface area contributed by atoms with Gasteiger partial charge in [0, 0.05) is 0 Å². The van der Waals surface area contributed by atoms with E-state index in [0.29, 0.717) is 22.3 Å². The van der Waals surface area contributed by atoms with Gasteiger partial charge in [0.2, 0.25) is 19.7 Å². The summed E-state index contributed by atoms with van der Waals surface area (Å²) in [6, 6.07) is 16.9. The van der Waals surface area contributed by atoms with Gasteiger partial charge >= 0.3 is 0 Å². The van der Waals surface area contributed by atoms with E-state index >= 15 is 0 Å². The lowest BCUT2D eigenvalue weighted by Crippen LogP contribution is -2.22. The van der Waals surface area contributed by atoms with Crippen LogP contribution in [-0.4, -0.2) is 16.8 Å². The summed E-state index contributed by atoms with van der Waals surface area (Å²) in [4.78, 5) is 0.991. The third-order valence-corrected chi connectivity index (χ3v) is 10.3. The molecular formula is C30H38O4S2. The molecule has 194 valence electrons. The molecule has 0 aromatic heterocycles. The highest BCUT2D eigenvalue weighted by Crippen LogP contribution is 2.48. The van der Waals surface area contributed by atoms with Gasteiger partial charge in [0.05, 0.1) is 19.6 Å². The zero-order chi connectivity index (χ0) is 27.0. The molecule has 0 aliphatic heterocycles. The fourth-order valence-electron chi connectivity index (χ4n) is 5.09. The van der Waals surface area contributed by atoms with Crippen molar-refractivity contribution in [1.29, 1.82) is 0 Å². The number of benzene rings is 3. The van der Waals surface area contributed by atoms with Crippen molar-refractivity contribution in [3.63, 3.8) is 0 Å². The van der Waals surface area contributed by atoms with Gasteiger partial charge in [-0.2, -0.15) is 0 Å². The van der Waals surface area contributed by atoms with E-state index in [-0.39, 0.29) is 43.3 Å². The zero-order valence-corrected chi connectivity index (χ0v) is 24.2. The Morgan fingerprint density at radius 2 is 0.639 bits per heavy atom. The minimum absolute atomic E-state index is 0.209. The molecule has 6 heteroatoms. The van der Waals surface area contributed by atoms with Crippen LogP contribution < -0.4 is 0 Å². The van der Waals surface area contributed by atoms with E-state index in [4.69, 9.17) is 0 Å². The number of sulfone groups is 2. The summed E-state index contributed by atoms with van der Waals surface area (Å²) < 4.78 is 57.3. The first-order chi connectivity index (χ1) is 16.7. The SMILES string of the molecule is CC(C)c1c(C(C)C)c(S(=O)(=O)c2ccccc2)c(C(C)C)c(C(C)C)c1S(=O)(=O)c1ccccc1. The van der Waals surface area contributed by atoms with Crippen molar-refractivity contribution in [3.8, 4) is 0 Å². The molecule has 0 amide bonds. The summed E-state index contributed by atoms with van der Waals surface area (Å²) in [5.74, 6) is -0.836. The third-order valence-electron chi connectivity index (χ3n) is 6.51. The van der Waals surface area contributed by atoms with Gasteiger partial charge in [-0.25, -0.2) is 16.8 Å². The van der Waals surface area contributed by atoms with Crippen molar-refractivity contribution in [1.82, 2.24) is 0 Å². The lowest BCUT2D eigenvalue weighted by atomic mass is 9.81. The van der Waals surface area contributed by atoms with E-state index in [2.05, 4.69) is 0 Å². The first kappa shape index (κ1) is 28.1. The maximum Gasteiger partial charge on any atom is 0.207 e. The van der Waals surface area contributed by atoms with Crippen LogP contribution in [0.25, 0.3) is 0 Å². The largest absolute Gasteiger partial charge is 0.218 e. The molecule has 0 spiro atoms. The second-order valence-electron chi connectivity index (χ2n) is 10.6. The molecule has 0 aliphatic carbocycles. The highest BCUT2D eigenvalue weighted by molar-refractivity contribution is 7.92. The molecule has 0 N–H and O–H groups in total. The zero-order valence-electron chi connectivity index (χ0n) is 22.5. The number of hydrogen-bond acceptors (Lipinski definition) is 4. The second-order valence-corrected chi connectivity index (χ2v) is 14.3. The molecular weight excluding hydrogens is 488 g/mol. The topological polar surface area (TPSA) is 68.3 Å². The van der Waals surface area contributed by atoms with Crippen LogP contribution in [0.15, 0.2) is 80.2 Å². The first-order valence-electron chi connectivity index (χ1n) is 12.6. The third kappa shape index (κ3) is 4.90. The van der Waals surface area contributed by atoms with Crippen LogP contribution in [0.3, 0.4) is 0 Å². The average Bonchev–Trinajstić information content (AvgIpc) is 2.82. The fourth-order valence-corrected chi connectivity index (χ4v) is 9.13. The van der Waals surface area contributed by atoms with E-state index in [1.165, 1.54) is 0 Å². The molecule has 0 heterocycles. The molecule has 0 atom stereocenters. The summed E-state index contributed by atoms with van der Waals surface area (Å²) in [5.41, 5.74) is 2.43. The quantitative estimate of drug-likeness (QED) is 0.300. The van der Waals surface area contributed by atoms with Gasteiger partial charge in [0.15, 0.2) is 0 Å². The molecule has 0 bridgehead atoms. The van der Waals surface area contributed by atoms with Crippen LogP contribution in [0.5, 0.6) is 0 Å². The molecule has 0 saturated carbocycles. The second kappa shape index (κ2) is 10.5. The van der Waals surface area contributed by atoms with Crippen molar-refractivity contribution < 1.29 is 16.8 Å². The van der Waals surface area contributed by atoms with E-state index in [0.717, 1.165) is 0 Å². The van der Waals surface area contributed by atoms with Crippen molar-refractivity contribution in [3.05, 3.63) is 82.9 Å². The Hall–Kier alpha value is -2.44. The monoisotopic (exact) mass is 526 g/mol. The standard InChI is InChI=1S/C30H38O4S2/c1-19(2)25-26(20(3)4)30(36(33,34)24-17-13-10-14-18-24)28(22(7)8)27(21(5)6)29(25)35(31,32)23-15-11-9-12-16-23/h9-22H,1-8H3. The maximum absolute atomic E-state index is 14.3. The molecule has 36 heavy (non-hydrogen) atoms. The smallest absolute Gasteiger partial charge is 0.207 e. The summed E-state index contributed by atoms with van der Waals surface area (Å²) in [6.45, 7) is 15.6. The highest BCUT2D eigenvalue weighted by Gasteiger charge is 2.39. The molecule has 4 nitrogen and oxygen atoms in total. The number of hydrogen-bond donors (Lipinski definition) is 0. The van der Waals surface area contributed by atoms with E-state index in [9.17, 15) is 16.8 Å². The van der Waals surface area contributed by atoms with Gasteiger partial charge in [0.1, 0.15) is 0 Å². The van der Waals surface area contributed by atoms with Crippen LogP contribution in [0, 0.1) is 0 Å². The minimum Gasteiger partial charge on any atom is -0.218 e.